The number of aliphatic hydroxyl groups is 1. The summed E-state index contributed by atoms with van der Waals surface area (Å²) in [6.07, 6.45) is 2.52. The average molecular weight is 159 g/mol. The zero-order valence-corrected chi connectivity index (χ0v) is 7.12. The molecule has 0 radical (unpaired) electrons. The molecule has 1 saturated heterocycles. The maximum atomic E-state index is 8.47. The van der Waals surface area contributed by atoms with E-state index >= 15 is 0 Å². The van der Waals surface area contributed by atoms with E-state index in [9.17, 15) is 0 Å². The minimum Gasteiger partial charge on any atom is -0.394 e. The van der Waals surface area contributed by atoms with Crippen LogP contribution in [0.3, 0.4) is 0 Å². The predicted octanol–water partition coefficient (Wildman–Crippen LogP) is 0.0895. The fourth-order valence-electron chi connectivity index (χ4n) is 1.47. The molecule has 0 aromatic heterocycles. The summed E-state index contributed by atoms with van der Waals surface area (Å²) < 4.78 is 5.25. The normalized spacial score (nSPS) is 26.2. The van der Waals surface area contributed by atoms with Gasteiger partial charge in [0.25, 0.3) is 0 Å². The van der Waals surface area contributed by atoms with Gasteiger partial charge in [0.1, 0.15) is 0 Å². The van der Waals surface area contributed by atoms with Gasteiger partial charge in [0.15, 0.2) is 0 Å². The average Bonchev–Trinajstić information content (AvgIpc) is 2.37. The third-order valence-electron chi connectivity index (χ3n) is 2.22. The summed E-state index contributed by atoms with van der Waals surface area (Å²) in [7, 11) is 2.12. The van der Waals surface area contributed by atoms with Gasteiger partial charge in [-0.3, -0.25) is 0 Å². The molecule has 0 amide bonds. The van der Waals surface area contributed by atoms with Crippen molar-refractivity contribution in [3.05, 3.63) is 0 Å². The molecule has 1 N–H and O–H groups in total. The number of nitrogens with zero attached hydrogens (tertiary/aromatic N) is 1. The standard InChI is InChI=1S/C8H17NO2/c1-9-4-2-3-8(9)7-11-6-5-10/h8,10H,2-7H2,1H3/t8-/m0/s1. The molecule has 1 atom stereocenters. The lowest BCUT2D eigenvalue weighted by molar-refractivity contribution is 0.0593. The van der Waals surface area contributed by atoms with Crippen molar-refractivity contribution in [2.24, 2.45) is 0 Å². The lowest BCUT2D eigenvalue weighted by Crippen LogP contribution is -2.29. The number of aliphatic hydroxyl groups excluding tert-OH is 1. The van der Waals surface area contributed by atoms with Gasteiger partial charge in [0.2, 0.25) is 0 Å². The van der Waals surface area contributed by atoms with E-state index in [1.54, 1.807) is 0 Å². The number of ether oxygens (including phenoxy) is 1. The monoisotopic (exact) mass is 159 g/mol. The maximum absolute atomic E-state index is 8.47. The Labute approximate surface area is 68.0 Å². The molecule has 1 heterocycles. The summed E-state index contributed by atoms with van der Waals surface area (Å²) in [5.41, 5.74) is 0. The summed E-state index contributed by atoms with van der Waals surface area (Å²) in [6, 6.07) is 0.585. The van der Waals surface area contributed by atoms with Gasteiger partial charge in [-0.2, -0.15) is 0 Å². The zero-order chi connectivity index (χ0) is 8.10. The summed E-state index contributed by atoms with van der Waals surface area (Å²) >= 11 is 0. The lowest BCUT2D eigenvalue weighted by atomic mass is 10.2. The Bertz CT molecular complexity index is 108. The van der Waals surface area contributed by atoms with E-state index in [1.165, 1.54) is 19.4 Å². The largest absolute Gasteiger partial charge is 0.394 e. The first-order valence-corrected chi connectivity index (χ1v) is 4.23. The quantitative estimate of drug-likeness (QED) is 0.590. The van der Waals surface area contributed by atoms with Gasteiger partial charge in [0, 0.05) is 6.04 Å². The van der Waals surface area contributed by atoms with Gasteiger partial charge >= 0.3 is 0 Å². The third kappa shape index (κ3) is 2.77. The van der Waals surface area contributed by atoms with E-state index in [-0.39, 0.29) is 6.61 Å². The van der Waals surface area contributed by atoms with Gasteiger partial charge in [-0.05, 0) is 26.4 Å². The van der Waals surface area contributed by atoms with Crippen molar-refractivity contribution in [3.8, 4) is 0 Å². The topological polar surface area (TPSA) is 32.7 Å². The molecule has 0 saturated carbocycles. The van der Waals surface area contributed by atoms with Crippen LogP contribution in [0.1, 0.15) is 12.8 Å². The zero-order valence-electron chi connectivity index (χ0n) is 7.12. The van der Waals surface area contributed by atoms with E-state index in [2.05, 4.69) is 11.9 Å². The predicted molar refractivity (Wildman–Crippen MR) is 43.6 cm³/mol. The number of hydrogen-bond acceptors (Lipinski definition) is 3. The third-order valence-corrected chi connectivity index (χ3v) is 2.22. The molecule has 0 aliphatic carbocycles. The maximum Gasteiger partial charge on any atom is 0.0698 e. The van der Waals surface area contributed by atoms with Crippen LogP contribution in [0.2, 0.25) is 0 Å². The van der Waals surface area contributed by atoms with Crippen molar-refractivity contribution in [1.29, 1.82) is 0 Å². The Morgan fingerprint density at radius 3 is 3.00 bits per heavy atom. The number of hydrogen-bond donors (Lipinski definition) is 1. The van der Waals surface area contributed by atoms with Gasteiger partial charge in [-0.1, -0.05) is 0 Å². The van der Waals surface area contributed by atoms with E-state index in [0.717, 1.165) is 6.61 Å². The van der Waals surface area contributed by atoms with Gasteiger partial charge in [-0.25, -0.2) is 0 Å². The fraction of sp³-hybridized carbons (Fsp3) is 1.00. The number of rotatable bonds is 4. The molecule has 3 heteroatoms. The highest BCUT2D eigenvalue weighted by molar-refractivity contribution is 4.75. The summed E-state index contributed by atoms with van der Waals surface area (Å²) in [6.45, 7) is 2.57. The smallest absolute Gasteiger partial charge is 0.0698 e. The first kappa shape index (κ1) is 8.97. The van der Waals surface area contributed by atoms with Gasteiger partial charge < -0.3 is 14.7 Å². The van der Waals surface area contributed by atoms with Crippen LogP contribution in [0.4, 0.5) is 0 Å². The second kappa shape index (κ2) is 4.70. The second-order valence-corrected chi connectivity index (χ2v) is 3.08. The summed E-state index contributed by atoms with van der Waals surface area (Å²) in [5, 5.41) is 8.47. The Balaban J connectivity index is 2.05. The summed E-state index contributed by atoms with van der Waals surface area (Å²) in [4.78, 5) is 2.32. The Morgan fingerprint density at radius 2 is 2.45 bits per heavy atom. The molecule has 0 aromatic rings. The molecule has 3 nitrogen and oxygen atoms in total. The highest BCUT2D eigenvalue weighted by atomic mass is 16.5. The van der Waals surface area contributed by atoms with Crippen molar-refractivity contribution in [2.75, 3.05) is 33.4 Å². The molecular formula is C8H17NO2. The minimum absolute atomic E-state index is 0.135. The minimum atomic E-state index is 0.135. The SMILES string of the molecule is CN1CCC[C@H]1COCCO. The molecule has 0 spiro atoms. The van der Waals surface area contributed by atoms with Crippen LogP contribution >= 0.6 is 0 Å². The van der Waals surface area contributed by atoms with Crippen LogP contribution in [0, 0.1) is 0 Å². The molecular weight excluding hydrogens is 142 g/mol. The molecule has 0 bridgehead atoms. The first-order valence-electron chi connectivity index (χ1n) is 4.23. The molecule has 1 aliphatic heterocycles. The van der Waals surface area contributed by atoms with Gasteiger partial charge in [-0.15, -0.1) is 0 Å². The van der Waals surface area contributed by atoms with Crippen LogP contribution < -0.4 is 0 Å². The van der Waals surface area contributed by atoms with Crippen molar-refractivity contribution < 1.29 is 9.84 Å². The van der Waals surface area contributed by atoms with Crippen molar-refractivity contribution in [2.45, 2.75) is 18.9 Å². The van der Waals surface area contributed by atoms with E-state index < -0.39 is 0 Å². The first-order chi connectivity index (χ1) is 5.34. The van der Waals surface area contributed by atoms with Crippen LogP contribution in [-0.4, -0.2) is 49.5 Å². The van der Waals surface area contributed by atoms with Crippen molar-refractivity contribution in [1.82, 2.24) is 4.90 Å². The molecule has 11 heavy (non-hydrogen) atoms. The van der Waals surface area contributed by atoms with Crippen LogP contribution in [0.25, 0.3) is 0 Å². The van der Waals surface area contributed by atoms with Gasteiger partial charge in [0.05, 0.1) is 19.8 Å². The fourth-order valence-corrected chi connectivity index (χ4v) is 1.47. The molecule has 1 rings (SSSR count). The highest BCUT2D eigenvalue weighted by Gasteiger charge is 2.20. The number of likely N-dealkylation sites (N-methyl/N-ethyl adjacent to an activating group) is 1. The van der Waals surface area contributed by atoms with E-state index in [0.29, 0.717) is 12.6 Å². The Kier molecular flexibility index (Phi) is 3.83. The van der Waals surface area contributed by atoms with Crippen molar-refractivity contribution >= 4 is 0 Å². The summed E-state index contributed by atoms with van der Waals surface area (Å²) in [5.74, 6) is 0. The Morgan fingerprint density at radius 1 is 1.64 bits per heavy atom. The molecule has 0 aromatic carbocycles. The molecule has 1 fully saturated rings. The molecule has 1 aliphatic rings. The van der Waals surface area contributed by atoms with Crippen LogP contribution in [-0.2, 0) is 4.74 Å². The van der Waals surface area contributed by atoms with Crippen molar-refractivity contribution in [3.63, 3.8) is 0 Å². The second-order valence-electron chi connectivity index (χ2n) is 3.08. The van der Waals surface area contributed by atoms with E-state index in [4.69, 9.17) is 9.84 Å². The molecule has 66 valence electrons. The lowest BCUT2D eigenvalue weighted by Gasteiger charge is -2.18. The van der Waals surface area contributed by atoms with Crippen LogP contribution in [0.5, 0.6) is 0 Å². The number of likely N-dealkylation sites (tertiary alicyclic amines) is 1. The van der Waals surface area contributed by atoms with E-state index in [1.807, 2.05) is 0 Å². The molecule has 0 unspecified atom stereocenters. The van der Waals surface area contributed by atoms with Crippen LogP contribution in [0.15, 0.2) is 0 Å². The Hall–Kier alpha value is -0.120. The highest BCUT2D eigenvalue weighted by Crippen LogP contribution is 2.14.